The van der Waals surface area contributed by atoms with Gasteiger partial charge in [0.1, 0.15) is 5.84 Å². The van der Waals surface area contributed by atoms with E-state index in [-0.39, 0.29) is 11.5 Å². The normalized spacial score (nSPS) is 11.0. The number of rotatable bonds is 3. The summed E-state index contributed by atoms with van der Waals surface area (Å²) < 4.78 is 38.4. The van der Waals surface area contributed by atoms with Gasteiger partial charge in [0, 0.05) is 16.9 Å². The fourth-order valence-corrected chi connectivity index (χ4v) is 2.10. The quantitative estimate of drug-likeness (QED) is 0.488. The van der Waals surface area contributed by atoms with Gasteiger partial charge in [0.2, 0.25) is 0 Å². The molecule has 2 amide bonds. The van der Waals surface area contributed by atoms with E-state index in [9.17, 15) is 18.0 Å². The van der Waals surface area contributed by atoms with Crippen molar-refractivity contribution in [3.63, 3.8) is 0 Å². The van der Waals surface area contributed by atoms with Crippen molar-refractivity contribution in [2.45, 2.75) is 6.18 Å². The van der Waals surface area contributed by atoms with Crippen molar-refractivity contribution >= 4 is 34.8 Å². The number of carbonyl (C=O) groups excluding carboxylic acids is 1. The van der Waals surface area contributed by atoms with Crippen molar-refractivity contribution in [3.05, 3.63) is 58.6 Å². The van der Waals surface area contributed by atoms with Crippen LogP contribution in [-0.2, 0) is 6.18 Å². The Labute approximate surface area is 140 Å². The van der Waals surface area contributed by atoms with Crippen molar-refractivity contribution < 1.29 is 18.0 Å². The van der Waals surface area contributed by atoms with Gasteiger partial charge in [-0.2, -0.15) is 13.2 Å². The molecular weight excluding hydrogens is 345 g/mol. The van der Waals surface area contributed by atoms with E-state index < -0.39 is 22.8 Å². The molecule has 2 aromatic rings. The first kappa shape index (κ1) is 17.6. The van der Waals surface area contributed by atoms with E-state index in [4.69, 9.17) is 22.7 Å². The lowest BCUT2D eigenvalue weighted by molar-refractivity contribution is -0.137. The molecule has 0 unspecified atom stereocenters. The Hall–Kier alpha value is -2.74. The van der Waals surface area contributed by atoms with Gasteiger partial charge in [-0.05, 0) is 30.3 Å². The van der Waals surface area contributed by atoms with Crippen LogP contribution in [0.25, 0.3) is 0 Å². The lowest BCUT2D eigenvalue weighted by atomic mass is 10.2. The fourth-order valence-electron chi connectivity index (χ4n) is 1.88. The van der Waals surface area contributed by atoms with Crippen LogP contribution in [0.3, 0.4) is 0 Å². The van der Waals surface area contributed by atoms with Crippen molar-refractivity contribution in [1.29, 1.82) is 5.41 Å². The zero-order valence-corrected chi connectivity index (χ0v) is 12.8. The smallest absolute Gasteiger partial charge is 0.384 e. The number of anilines is 2. The van der Waals surface area contributed by atoms with Crippen LogP contribution >= 0.6 is 11.6 Å². The summed E-state index contributed by atoms with van der Waals surface area (Å²) in [6.45, 7) is 0. The van der Waals surface area contributed by atoms with E-state index in [2.05, 4.69) is 10.6 Å². The van der Waals surface area contributed by atoms with Crippen molar-refractivity contribution in [3.8, 4) is 0 Å². The zero-order chi connectivity index (χ0) is 17.9. The molecular formula is C15H12ClF3N4O. The molecule has 24 heavy (non-hydrogen) atoms. The molecule has 2 aromatic carbocycles. The molecule has 5 nitrogen and oxygen atoms in total. The third kappa shape index (κ3) is 4.39. The Bertz CT molecular complexity index is 793. The van der Waals surface area contributed by atoms with E-state index in [0.717, 1.165) is 12.1 Å². The summed E-state index contributed by atoms with van der Waals surface area (Å²) in [5, 5.41) is 11.6. The Morgan fingerprint density at radius 3 is 2.29 bits per heavy atom. The molecule has 0 fully saturated rings. The number of hydrogen-bond donors (Lipinski definition) is 4. The van der Waals surface area contributed by atoms with Crippen LogP contribution in [-0.4, -0.2) is 11.9 Å². The van der Waals surface area contributed by atoms with E-state index in [1.54, 1.807) is 18.2 Å². The van der Waals surface area contributed by atoms with E-state index in [1.165, 1.54) is 12.1 Å². The zero-order valence-electron chi connectivity index (χ0n) is 12.0. The van der Waals surface area contributed by atoms with E-state index in [0.29, 0.717) is 11.3 Å². The second-order valence-corrected chi connectivity index (χ2v) is 5.17. The number of carbonyl (C=O) groups is 1. The van der Waals surface area contributed by atoms with Crippen LogP contribution in [0.2, 0.25) is 5.02 Å². The number of alkyl halides is 3. The number of nitrogens with one attached hydrogen (secondary N) is 3. The van der Waals surface area contributed by atoms with Gasteiger partial charge >= 0.3 is 12.2 Å². The largest absolute Gasteiger partial charge is 0.417 e. The maximum atomic E-state index is 12.8. The van der Waals surface area contributed by atoms with Crippen molar-refractivity contribution in [1.82, 2.24) is 0 Å². The summed E-state index contributed by atoms with van der Waals surface area (Å²) >= 11 is 5.51. The summed E-state index contributed by atoms with van der Waals surface area (Å²) in [5.41, 5.74) is 4.98. The lowest BCUT2D eigenvalue weighted by Gasteiger charge is -2.12. The molecule has 126 valence electrons. The van der Waals surface area contributed by atoms with Crippen molar-refractivity contribution in [2.75, 3.05) is 10.6 Å². The molecule has 0 aliphatic rings. The second-order valence-electron chi connectivity index (χ2n) is 4.77. The van der Waals surface area contributed by atoms with Crippen LogP contribution < -0.4 is 16.4 Å². The summed E-state index contributed by atoms with van der Waals surface area (Å²) in [6, 6.07) is 8.48. The summed E-state index contributed by atoms with van der Waals surface area (Å²) in [7, 11) is 0. The number of urea groups is 1. The van der Waals surface area contributed by atoms with E-state index in [1.807, 2.05) is 0 Å². The second kappa shape index (κ2) is 6.79. The third-order valence-corrected chi connectivity index (χ3v) is 3.29. The molecule has 0 saturated carbocycles. The van der Waals surface area contributed by atoms with Crippen LogP contribution in [0.15, 0.2) is 42.5 Å². The maximum absolute atomic E-state index is 12.8. The number of hydrogen-bond acceptors (Lipinski definition) is 2. The maximum Gasteiger partial charge on any atom is 0.417 e. The Balaban J connectivity index is 2.13. The van der Waals surface area contributed by atoms with Gasteiger partial charge in [0.05, 0.1) is 10.6 Å². The van der Waals surface area contributed by atoms with Gasteiger partial charge in [-0.25, -0.2) is 4.79 Å². The number of amidine groups is 1. The highest BCUT2D eigenvalue weighted by Gasteiger charge is 2.33. The van der Waals surface area contributed by atoms with Gasteiger partial charge in [-0.15, -0.1) is 0 Å². The van der Waals surface area contributed by atoms with Crippen molar-refractivity contribution in [2.24, 2.45) is 5.73 Å². The molecule has 0 atom stereocenters. The van der Waals surface area contributed by atoms with E-state index >= 15 is 0 Å². The molecule has 9 heteroatoms. The highest BCUT2D eigenvalue weighted by atomic mass is 35.5. The number of nitrogens with two attached hydrogens (primary N) is 1. The summed E-state index contributed by atoms with van der Waals surface area (Å²) in [6.07, 6.45) is -4.62. The minimum atomic E-state index is -4.62. The molecule has 5 N–H and O–H groups in total. The molecule has 0 aromatic heterocycles. The first-order valence-corrected chi connectivity index (χ1v) is 6.94. The third-order valence-electron chi connectivity index (χ3n) is 2.96. The topological polar surface area (TPSA) is 91.0 Å². The Kier molecular flexibility index (Phi) is 4.99. The van der Waals surface area contributed by atoms with Crippen LogP contribution in [0, 0.1) is 5.41 Å². The number of halogens is 4. The van der Waals surface area contributed by atoms with Gasteiger partial charge in [0.15, 0.2) is 0 Å². The molecule has 0 saturated heterocycles. The van der Waals surface area contributed by atoms with Crippen LogP contribution in [0.4, 0.5) is 29.3 Å². The first-order chi connectivity index (χ1) is 11.2. The number of nitrogen functional groups attached to an aromatic ring is 1. The lowest BCUT2D eigenvalue weighted by Crippen LogP contribution is -2.20. The minimum Gasteiger partial charge on any atom is -0.384 e. The first-order valence-electron chi connectivity index (χ1n) is 6.56. The Morgan fingerprint density at radius 2 is 1.71 bits per heavy atom. The monoisotopic (exact) mass is 356 g/mol. The molecule has 0 aliphatic heterocycles. The number of amides is 2. The highest BCUT2D eigenvalue weighted by molar-refractivity contribution is 6.31. The highest BCUT2D eigenvalue weighted by Crippen LogP contribution is 2.36. The SMILES string of the molecule is N=C(N)c1cccc(NC(=O)Nc2ccc(Cl)c(C(F)(F)F)c2)c1. The predicted molar refractivity (Wildman–Crippen MR) is 86.6 cm³/mol. The standard InChI is InChI=1S/C15H12ClF3N4O/c16-12-5-4-10(7-11(12)15(17,18)19)23-14(24)22-9-3-1-2-8(6-9)13(20)21/h1-7H,(H3,20,21)(H2,22,23,24). The summed E-state index contributed by atoms with van der Waals surface area (Å²) in [4.78, 5) is 11.9. The molecule has 0 spiro atoms. The fraction of sp³-hybridized carbons (Fsp3) is 0.0667. The minimum absolute atomic E-state index is 0.0630. The molecule has 0 aliphatic carbocycles. The van der Waals surface area contributed by atoms with Gasteiger partial charge < -0.3 is 16.4 Å². The van der Waals surface area contributed by atoms with Crippen LogP contribution in [0.5, 0.6) is 0 Å². The average Bonchev–Trinajstić information content (AvgIpc) is 2.48. The molecule has 0 radical (unpaired) electrons. The van der Waals surface area contributed by atoms with Gasteiger partial charge in [0.25, 0.3) is 0 Å². The average molecular weight is 357 g/mol. The number of benzene rings is 2. The molecule has 2 rings (SSSR count). The van der Waals surface area contributed by atoms with Crippen LogP contribution in [0.1, 0.15) is 11.1 Å². The van der Waals surface area contributed by atoms with Gasteiger partial charge in [-0.1, -0.05) is 23.7 Å². The summed E-state index contributed by atoms with van der Waals surface area (Å²) in [5.74, 6) is -0.174. The predicted octanol–water partition coefficient (Wildman–Crippen LogP) is 4.29. The Morgan fingerprint density at radius 1 is 1.08 bits per heavy atom. The molecule has 0 heterocycles. The van der Waals surface area contributed by atoms with Gasteiger partial charge in [-0.3, -0.25) is 5.41 Å². The molecule has 0 bridgehead atoms.